The molecule has 0 aliphatic carbocycles. The molecule has 3 fully saturated rings. The third kappa shape index (κ3) is 4.36. The first kappa shape index (κ1) is 18.1. The molecule has 27 heavy (non-hydrogen) atoms. The van der Waals surface area contributed by atoms with Gasteiger partial charge in [0.1, 0.15) is 5.82 Å². The second-order valence-corrected chi connectivity index (χ2v) is 8.38. The third-order valence-electron chi connectivity index (χ3n) is 5.29. The molecule has 2 aromatic rings. The summed E-state index contributed by atoms with van der Waals surface area (Å²) in [7, 11) is 0. The molecule has 5 rings (SSSR count). The lowest BCUT2D eigenvalue weighted by Crippen LogP contribution is -2.57. The molecule has 0 radical (unpaired) electrons. The van der Waals surface area contributed by atoms with E-state index >= 15 is 0 Å². The predicted octanol–water partition coefficient (Wildman–Crippen LogP) is 2.95. The van der Waals surface area contributed by atoms with Crippen molar-refractivity contribution < 1.29 is 9.59 Å². The van der Waals surface area contributed by atoms with Crippen molar-refractivity contribution in [2.24, 2.45) is 5.92 Å². The molecule has 0 saturated carbocycles. The largest absolute Gasteiger partial charge is 0.348 e. The van der Waals surface area contributed by atoms with E-state index in [1.807, 2.05) is 36.4 Å². The minimum atomic E-state index is -0.105. The van der Waals surface area contributed by atoms with Crippen LogP contribution >= 0.6 is 11.8 Å². The summed E-state index contributed by atoms with van der Waals surface area (Å²) >= 11 is 1.56. The van der Waals surface area contributed by atoms with Crippen LogP contribution in [-0.2, 0) is 4.79 Å². The molecule has 1 aromatic carbocycles. The fraction of sp³-hybridized carbons (Fsp3) is 0.400. The predicted molar refractivity (Wildman–Crippen MR) is 106 cm³/mol. The summed E-state index contributed by atoms with van der Waals surface area (Å²) in [6, 6.07) is 11.7. The van der Waals surface area contributed by atoms with Crippen molar-refractivity contribution in [2.45, 2.75) is 35.7 Å². The Morgan fingerprint density at radius 1 is 1.11 bits per heavy atom. The van der Waals surface area contributed by atoms with Crippen LogP contribution in [0.5, 0.6) is 0 Å². The number of carbonyl (C=O) groups excluding carboxylic acids is 2. The van der Waals surface area contributed by atoms with Crippen molar-refractivity contribution >= 4 is 29.4 Å². The number of amides is 2. The highest BCUT2D eigenvalue weighted by molar-refractivity contribution is 7.99. The van der Waals surface area contributed by atoms with Crippen LogP contribution in [0.4, 0.5) is 5.82 Å². The van der Waals surface area contributed by atoms with Gasteiger partial charge < -0.3 is 20.5 Å². The number of fused-ring (bicyclic) bond motifs is 3. The summed E-state index contributed by atoms with van der Waals surface area (Å²) in [6.07, 6.45) is 2.38. The molecule has 4 heterocycles. The van der Waals surface area contributed by atoms with Gasteiger partial charge in [0.05, 0.1) is 5.03 Å². The monoisotopic (exact) mass is 384 g/mol. The number of nitrogens with one attached hydrogen (secondary N) is 3. The minimum Gasteiger partial charge on any atom is -0.348 e. The maximum absolute atomic E-state index is 12.6. The van der Waals surface area contributed by atoms with E-state index in [0.717, 1.165) is 16.5 Å². The van der Waals surface area contributed by atoms with Gasteiger partial charge in [-0.15, -0.1) is 0 Å². The number of hydrogen-bond acceptors (Lipinski definition) is 4. The Morgan fingerprint density at radius 3 is 2.48 bits per heavy atom. The summed E-state index contributed by atoms with van der Waals surface area (Å²) in [6.45, 7) is 4.80. The van der Waals surface area contributed by atoms with E-state index in [0.29, 0.717) is 17.3 Å². The number of aromatic amines is 1. The standard InChI is InChI=1S/C20H24N4O2S/c1-13(25)21-18-6-7-19(23-18)27-16-4-2-15(3-5-16)20(26)22-17-12-24-10-8-14(17)9-11-24/h2-7,14,17,23H,8-12H2,1H3,(H,21,25)(H,22,26)/t17-/m0/s1. The molecular weight excluding hydrogens is 360 g/mol. The first-order valence-electron chi connectivity index (χ1n) is 9.34. The molecule has 3 aliphatic heterocycles. The second-order valence-electron chi connectivity index (χ2n) is 7.26. The van der Waals surface area contributed by atoms with E-state index in [-0.39, 0.29) is 17.9 Å². The van der Waals surface area contributed by atoms with Gasteiger partial charge in [-0.1, -0.05) is 11.8 Å². The van der Waals surface area contributed by atoms with Crippen LogP contribution in [0.3, 0.4) is 0 Å². The van der Waals surface area contributed by atoms with Gasteiger partial charge in [0.25, 0.3) is 5.91 Å². The van der Waals surface area contributed by atoms with E-state index in [2.05, 4.69) is 20.5 Å². The Balaban J connectivity index is 1.35. The Kier molecular flexibility index (Phi) is 5.22. The number of hydrogen-bond donors (Lipinski definition) is 3. The molecular formula is C20H24N4O2S. The highest BCUT2D eigenvalue weighted by Gasteiger charge is 2.34. The molecule has 0 spiro atoms. The van der Waals surface area contributed by atoms with Crippen molar-refractivity contribution in [3.63, 3.8) is 0 Å². The summed E-state index contributed by atoms with van der Waals surface area (Å²) in [5.74, 6) is 1.21. The highest BCUT2D eigenvalue weighted by Crippen LogP contribution is 2.29. The van der Waals surface area contributed by atoms with Crippen molar-refractivity contribution in [3.8, 4) is 0 Å². The average molecular weight is 385 g/mol. The lowest BCUT2D eigenvalue weighted by Gasteiger charge is -2.44. The lowest BCUT2D eigenvalue weighted by molar-refractivity contribution is -0.114. The average Bonchev–Trinajstić information content (AvgIpc) is 3.09. The molecule has 0 unspecified atom stereocenters. The quantitative estimate of drug-likeness (QED) is 0.741. The fourth-order valence-corrected chi connectivity index (χ4v) is 4.70. The number of nitrogens with zero attached hydrogens (tertiary/aromatic N) is 1. The van der Waals surface area contributed by atoms with E-state index in [4.69, 9.17) is 0 Å². The zero-order valence-corrected chi connectivity index (χ0v) is 16.1. The Morgan fingerprint density at radius 2 is 1.85 bits per heavy atom. The molecule has 7 heteroatoms. The van der Waals surface area contributed by atoms with Crippen LogP contribution in [0.25, 0.3) is 0 Å². The van der Waals surface area contributed by atoms with Gasteiger partial charge in [0.15, 0.2) is 0 Å². The smallest absolute Gasteiger partial charge is 0.251 e. The number of piperidine rings is 3. The van der Waals surface area contributed by atoms with Gasteiger partial charge in [-0.2, -0.15) is 0 Å². The lowest BCUT2D eigenvalue weighted by atomic mass is 9.84. The van der Waals surface area contributed by atoms with Gasteiger partial charge in [0, 0.05) is 30.0 Å². The van der Waals surface area contributed by atoms with E-state index in [9.17, 15) is 9.59 Å². The summed E-state index contributed by atoms with van der Waals surface area (Å²) in [4.78, 5) is 30.3. The van der Waals surface area contributed by atoms with Crippen molar-refractivity contribution in [3.05, 3.63) is 42.0 Å². The van der Waals surface area contributed by atoms with E-state index in [1.165, 1.54) is 32.9 Å². The Bertz CT molecular complexity index is 825. The highest BCUT2D eigenvalue weighted by atomic mass is 32.2. The molecule has 2 amide bonds. The molecule has 142 valence electrons. The molecule has 6 nitrogen and oxygen atoms in total. The number of rotatable bonds is 5. The van der Waals surface area contributed by atoms with Crippen LogP contribution in [0, 0.1) is 5.92 Å². The number of anilines is 1. The maximum Gasteiger partial charge on any atom is 0.251 e. The van der Waals surface area contributed by atoms with Crippen LogP contribution < -0.4 is 10.6 Å². The maximum atomic E-state index is 12.6. The first-order valence-corrected chi connectivity index (χ1v) is 10.2. The number of H-pyrrole nitrogens is 1. The fourth-order valence-electron chi connectivity index (χ4n) is 3.88. The topological polar surface area (TPSA) is 77.2 Å². The van der Waals surface area contributed by atoms with Gasteiger partial charge >= 0.3 is 0 Å². The van der Waals surface area contributed by atoms with Crippen molar-refractivity contribution in [1.82, 2.24) is 15.2 Å². The SMILES string of the molecule is CC(=O)Nc1ccc(Sc2ccc(C(=O)N[C@H]3CN4CCC3CC4)cc2)[nH]1. The molecule has 1 atom stereocenters. The van der Waals surface area contributed by atoms with Gasteiger partial charge in [0.2, 0.25) is 5.91 Å². The Labute approximate surface area is 163 Å². The van der Waals surface area contributed by atoms with Gasteiger partial charge in [-0.25, -0.2) is 0 Å². The zero-order chi connectivity index (χ0) is 18.8. The zero-order valence-electron chi connectivity index (χ0n) is 15.3. The van der Waals surface area contributed by atoms with Crippen LogP contribution in [0.2, 0.25) is 0 Å². The number of aromatic nitrogens is 1. The third-order valence-corrected chi connectivity index (χ3v) is 6.25. The van der Waals surface area contributed by atoms with Crippen molar-refractivity contribution in [2.75, 3.05) is 25.0 Å². The first-order chi connectivity index (χ1) is 13.1. The van der Waals surface area contributed by atoms with Crippen LogP contribution in [-0.4, -0.2) is 47.4 Å². The summed E-state index contributed by atoms with van der Waals surface area (Å²) in [5, 5.41) is 6.88. The normalized spacial score (nSPS) is 23.8. The van der Waals surface area contributed by atoms with E-state index < -0.39 is 0 Å². The molecule has 3 aliphatic rings. The summed E-state index contributed by atoms with van der Waals surface area (Å²) < 4.78 is 0. The van der Waals surface area contributed by atoms with Gasteiger partial charge in [-0.3, -0.25) is 9.59 Å². The van der Waals surface area contributed by atoms with Gasteiger partial charge in [-0.05, 0) is 68.2 Å². The second kappa shape index (κ2) is 7.78. The number of carbonyl (C=O) groups is 2. The Hall–Kier alpha value is -2.25. The van der Waals surface area contributed by atoms with Crippen molar-refractivity contribution in [1.29, 1.82) is 0 Å². The molecule has 3 N–H and O–H groups in total. The molecule has 3 saturated heterocycles. The van der Waals surface area contributed by atoms with E-state index in [1.54, 1.807) is 11.8 Å². The minimum absolute atomic E-state index is 0.0121. The molecule has 1 aromatic heterocycles. The van der Waals surface area contributed by atoms with Crippen LogP contribution in [0.1, 0.15) is 30.1 Å². The molecule has 2 bridgehead atoms. The summed E-state index contributed by atoms with van der Waals surface area (Å²) in [5.41, 5.74) is 0.696. The van der Waals surface area contributed by atoms with Crippen LogP contribution in [0.15, 0.2) is 46.3 Å². The number of benzene rings is 1.